The molecule has 0 spiro atoms. The lowest BCUT2D eigenvalue weighted by Crippen LogP contribution is -2.37. The summed E-state index contributed by atoms with van der Waals surface area (Å²) in [7, 11) is 2.20. The summed E-state index contributed by atoms with van der Waals surface area (Å²) in [5.41, 5.74) is 27.0. The van der Waals surface area contributed by atoms with Gasteiger partial charge in [-0.05, 0) is 164 Å². The van der Waals surface area contributed by atoms with Gasteiger partial charge in [-0.15, -0.1) is 0 Å². The predicted molar refractivity (Wildman–Crippen MR) is 457 cm³/mol. The number of imidazole rings is 1. The molecule has 14 aromatic rings. The van der Waals surface area contributed by atoms with Gasteiger partial charge in [0, 0.05) is 146 Å². The molecule has 0 bridgehead atoms. The monoisotopic (exact) mass is 1610 g/mol. The number of hydrogen-bond acceptors (Lipinski definition) is 18. The minimum Gasteiger partial charge on any atom is -0.383 e. The Bertz CT molecular complexity index is 6100. The van der Waals surface area contributed by atoms with Crippen LogP contribution in [0.4, 0.5) is 22.0 Å². The number of H-pyrrole nitrogens is 1. The minimum absolute atomic E-state index is 0.124. The van der Waals surface area contributed by atoms with E-state index in [9.17, 15) is 32.6 Å². The van der Waals surface area contributed by atoms with Gasteiger partial charge in [0.2, 0.25) is 17.8 Å². The first-order chi connectivity index (χ1) is 57.1. The molecule has 1 saturated carbocycles. The summed E-state index contributed by atoms with van der Waals surface area (Å²) in [4.78, 5) is 90.4. The van der Waals surface area contributed by atoms with E-state index in [1.165, 1.54) is 41.6 Å². The van der Waals surface area contributed by atoms with Crippen molar-refractivity contribution >= 4 is 74.3 Å². The van der Waals surface area contributed by atoms with E-state index in [2.05, 4.69) is 74.4 Å². The average molecular weight is 1620 g/mol. The Morgan fingerprint density at radius 2 is 1.40 bits per heavy atom. The van der Waals surface area contributed by atoms with Gasteiger partial charge in [0.15, 0.2) is 10.9 Å². The van der Waals surface area contributed by atoms with E-state index >= 15 is 0 Å². The molecule has 28 heteroatoms. The van der Waals surface area contributed by atoms with Gasteiger partial charge in [-0.3, -0.25) is 42.8 Å². The number of halogens is 2. The van der Waals surface area contributed by atoms with Crippen LogP contribution in [0.1, 0.15) is 101 Å². The van der Waals surface area contributed by atoms with Crippen molar-refractivity contribution in [1.82, 2.24) is 69.2 Å². The zero-order valence-electron chi connectivity index (χ0n) is 65.6. The highest BCUT2D eigenvalue weighted by molar-refractivity contribution is 7.84. The zero-order chi connectivity index (χ0) is 83.1. The van der Waals surface area contributed by atoms with Gasteiger partial charge >= 0.3 is 0 Å². The number of piperidine rings is 1. The summed E-state index contributed by atoms with van der Waals surface area (Å²) in [6.07, 6.45) is 16.4. The Kier molecular flexibility index (Phi) is 26.2. The predicted octanol–water partition coefficient (Wildman–Crippen LogP) is 14.7. The van der Waals surface area contributed by atoms with Crippen LogP contribution in [-0.4, -0.2) is 130 Å². The number of hydrogen-bond donors (Lipinski definition) is 6. The molecule has 0 radical (unpaired) electrons. The molecule has 118 heavy (non-hydrogen) atoms. The number of aromatic nitrogens is 12. The van der Waals surface area contributed by atoms with E-state index in [1.807, 2.05) is 128 Å². The number of nitrogens with two attached hydrogens (primary N) is 2. The third-order valence-corrected chi connectivity index (χ3v) is 21.3. The normalized spacial score (nSPS) is 12.9. The highest BCUT2D eigenvalue weighted by Gasteiger charge is 2.31. The van der Waals surface area contributed by atoms with Crippen LogP contribution in [0, 0.1) is 24.1 Å². The summed E-state index contributed by atoms with van der Waals surface area (Å²) in [5, 5.41) is 33.4. The lowest BCUT2D eigenvalue weighted by Gasteiger charge is -2.31. The summed E-state index contributed by atoms with van der Waals surface area (Å²) in [5.74, 6) is 0.572. The molecule has 25 nitrogen and oxygen atoms in total. The minimum atomic E-state index is -1.30. The number of ketones is 1. The largest absolute Gasteiger partial charge is 0.383 e. The molecule has 2 aliphatic rings. The van der Waals surface area contributed by atoms with E-state index in [0.29, 0.717) is 91.4 Å². The molecule has 596 valence electrons. The van der Waals surface area contributed by atoms with Gasteiger partial charge in [0.1, 0.15) is 29.5 Å². The van der Waals surface area contributed by atoms with Crippen LogP contribution in [0.5, 0.6) is 0 Å². The number of benzene rings is 7. The molecule has 2 fully saturated rings. The van der Waals surface area contributed by atoms with Gasteiger partial charge in [0.05, 0.1) is 68.2 Å². The number of rotatable bonds is 20. The highest BCUT2D eigenvalue weighted by Crippen LogP contribution is 2.41. The molecule has 2 atom stereocenters. The van der Waals surface area contributed by atoms with Crippen molar-refractivity contribution in [3.63, 3.8) is 0 Å². The van der Waals surface area contributed by atoms with Crippen molar-refractivity contribution in [1.29, 1.82) is 5.26 Å². The quantitative estimate of drug-likeness (QED) is 0.0386. The molecule has 16 rings (SSSR count). The Hall–Kier alpha value is -13.8. The summed E-state index contributed by atoms with van der Waals surface area (Å²) in [6.45, 7) is 7.23. The molecule has 1 unspecified atom stereocenters. The first-order valence-electron chi connectivity index (χ1n) is 38.2. The van der Waals surface area contributed by atoms with E-state index in [1.54, 1.807) is 115 Å². The number of carbonyl (C=O) groups excluding carboxylic acids is 4. The van der Waals surface area contributed by atoms with Crippen LogP contribution in [0.15, 0.2) is 241 Å². The molecule has 1 aliphatic heterocycles. The van der Waals surface area contributed by atoms with Gasteiger partial charge in [-0.25, -0.2) is 34.0 Å². The second kappa shape index (κ2) is 37.6. The number of pyridine rings is 2. The van der Waals surface area contributed by atoms with Gasteiger partial charge in [-0.1, -0.05) is 116 Å². The van der Waals surface area contributed by atoms with E-state index in [0.717, 1.165) is 106 Å². The topological polar surface area (TPSA) is 351 Å². The first kappa shape index (κ1) is 82.2. The van der Waals surface area contributed by atoms with Crippen molar-refractivity contribution in [3.05, 3.63) is 292 Å². The average Bonchev–Trinajstić information content (AvgIpc) is 0.853. The number of carbonyl (C=O) groups is 4. The third kappa shape index (κ3) is 19.6. The number of nitrogens with one attached hydrogen (secondary N) is 4. The van der Waals surface area contributed by atoms with Gasteiger partial charge in [0.25, 0.3) is 11.5 Å². The summed E-state index contributed by atoms with van der Waals surface area (Å²) < 4.78 is 30.1. The Morgan fingerprint density at radius 3 is 2.09 bits per heavy atom. The SMILES string of the molecule is CC(=O)Nc1cc(-c2c(-c3ccc(F)cc3)nc(S(C)=O)n2C)ccn1.CCC(=O)N1CCC(c2[nH]nc(-c3ccc(Cl)cc3)c2-c2ccncn2)CC1.Cc1ccc(C(=O)NC2CC2)cc1-n1ncc(C(=O)c2cccc(C#N)c2)c1N.Cn1c(NC[C@@H](N)Cc2ccccc2)nc(-c2ccncc2)c(-c2ccc3ccccc3c2)c1=O. The van der Waals surface area contributed by atoms with Crippen molar-refractivity contribution < 1.29 is 27.8 Å². The van der Waals surface area contributed by atoms with Crippen LogP contribution >= 0.6 is 11.6 Å². The molecule has 8 N–H and O–H groups in total. The number of fused-ring (bicyclic) bond motifs is 1. The molecule has 1 saturated heterocycles. The molecular weight excluding hydrogens is 1530 g/mol. The Balaban J connectivity index is 0.000000137. The number of nitrogen functional groups attached to an aromatic ring is 1. The third-order valence-electron chi connectivity index (χ3n) is 20.1. The zero-order valence-corrected chi connectivity index (χ0v) is 67.2. The number of nitriles is 1. The summed E-state index contributed by atoms with van der Waals surface area (Å²) in [6, 6.07) is 61.0. The van der Waals surface area contributed by atoms with Crippen LogP contribution in [-0.2, 0) is 40.9 Å². The van der Waals surface area contributed by atoms with Crippen molar-refractivity contribution in [2.45, 2.75) is 82.5 Å². The van der Waals surface area contributed by atoms with E-state index in [4.69, 9.17) is 33.3 Å². The van der Waals surface area contributed by atoms with E-state index in [-0.39, 0.29) is 58.3 Å². The maximum absolute atomic E-state index is 13.7. The number of anilines is 3. The number of nitrogens with zero attached hydrogens (tertiary/aromatic N) is 13. The molecule has 7 aromatic heterocycles. The van der Waals surface area contributed by atoms with Crippen LogP contribution < -0.4 is 33.0 Å². The maximum Gasteiger partial charge on any atom is 0.263 e. The first-order valence-corrected chi connectivity index (χ1v) is 40.2. The van der Waals surface area contributed by atoms with E-state index < -0.39 is 10.8 Å². The standard InChI is InChI=1S/C29H27N5O.C22H19N5O2.C21H22ClN5O.C18H17FN4O2S/c1-34-28(35)26(24-12-11-21-9-5-6-10-23(21)18-24)27(22-13-15-31-16-14-22)33-29(34)32-19-25(30)17-20-7-3-2-4-8-20;1-13-5-6-16(22(29)26-17-7-8-17)10-19(13)27-21(24)18(12-25-27)20(28)15-4-2-3-14(9-15)11-23;1-2-18(28)27-11-8-15(9-12-27)21-19(17-7-10-23-13-24-17)20(25-26-21)14-3-5-16(22)6-4-14;1-11(24)21-15-10-13(8-9-20-15)17-16(12-4-6-14(19)7-5-12)22-18(23(17)2)26(3)25/h2-16,18,25H,17,19,30H2,1H3,(H,32,33);2-6,9-10,12,17H,7-8,24H2,1H3,(H,26,29);3-7,10,13,15H,2,8-9,11-12H2,1H3,(H,25,26);4-10H,1-3H3,(H,20,21,24)/t25-;;;/m0.../s1. The summed E-state index contributed by atoms with van der Waals surface area (Å²) >= 11 is 6.05. The molecule has 7 aromatic carbocycles. The fourth-order valence-electron chi connectivity index (χ4n) is 13.9. The lowest BCUT2D eigenvalue weighted by molar-refractivity contribution is -0.131. The fraction of sp³-hybridized carbons (Fsp3) is 0.200. The Labute approximate surface area is 688 Å². The van der Waals surface area contributed by atoms with Crippen LogP contribution in [0.2, 0.25) is 5.02 Å². The van der Waals surface area contributed by atoms with Crippen LogP contribution in [0.25, 0.3) is 83.9 Å². The maximum atomic E-state index is 13.7. The number of likely N-dealkylation sites (tertiary alicyclic amines) is 1. The molecule has 8 heterocycles. The second-order valence-corrected chi connectivity index (χ2v) is 30.2. The molecule has 1 aliphatic carbocycles. The van der Waals surface area contributed by atoms with Crippen molar-refractivity contribution in [2.75, 3.05) is 42.3 Å². The van der Waals surface area contributed by atoms with Gasteiger partial charge < -0.3 is 36.9 Å². The lowest BCUT2D eigenvalue weighted by atomic mass is 9.88. The number of aromatic amines is 1. The molecular formula is C90H85ClFN19O6S. The Morgan fingerprint density at radius 1 is 0.712 bits per heavy atom. The molecule has 3 amide bonds. The smallest absolute Gasteiger partial charge is 0.263 e. The van der Waals surface area contributed by atoms with Crippen molar-refractivity contribution in [2.24, 2.45) is 19.8 Å². The fourth-order valence-corrected chi connectivity index (χ4v) is 14.7. The van der Waals surface area contributed by atoms with Crippen molar-refractivity contribution in [3.8, 4) is 79.2 Å². The number of aryl methyl sites for hydroxylation is 1. The van der Waals surface area contributed by atoms with Gasteiger partial charge in [-0.2, -0.15) is 15.5 Å². The van der Waals surface area contributed by atoms with Crippen LogP contribution in [0.3, 0.4) is 0 Å². The highest BCUT2D eigenvalue weighted by atomic mass is 35.5. The second-order valence-electron chi connectivity index (χ2n) is 28.5. The number of amides is 3.